The van der Waals surface area contributed by atoms with Gasteiger partial charge in [0, 0.05) is 23.4 Å². The fraction of sp³-hybridized carbons (Fsp3) is 0.375. The molecule has 104 valence electrons. The van der Waals surface area contributed by atoms with Gasteiger partial charge in [0.2, 0.25) is 5.91 Å². The van der Waals surface area contributed by atoms with Crippen LogP contribution >= 0.6 is 11.3 Å². The molecule has 4 heteroatoms. The largest absolute Gasteiger partial charge is 0.302 e. The molecular formula is C16H18N2OS. The van der Waals surface area contributed by atoms with Gasteiger partial charge in [0.15, 0.2) is 5.13 Å². The third-order valence-corrected chi connectivity index (χ3v) is 4.59. The summed E-state index contributed by atoms with van der Waals surface area (Å²) in [5.41, 5.74) is 3.92. The highest BCUT2D eigenvalue weighted by Gasteiger charge is 2.30. The van der Waals surface area contributed by atoms with E-state index in [1.54, 1.807) is 11.3 Å². The number of anilines is 1. The summed E-state index contributed by atoms with van der Waals surface area (Å²) in [6, 6.07) is 6.53. The molecule has 2 aromatic rings. The number of nitrogens with one attached hydrogen (secondary N) is 1. The van der Waals surface area contributed by atoms with Crippen molar-refractivity contribution < 1.29 is 4.79 Å². The molecule has 0 radical (unpaired) electrons. The number of hydrogen-bond donors (Lipinski definition) is 1. The van der Waals surface area contributed by atoms with Gasteiger partial charge in [-0.3, -0.25) is 4.79 Å². The van der Waals surface area contributed by atoms with E-state index >= 15 is 0 Å². The lowest BCUT2D eigenvalue weighted by Crippen LogP contribution is -2.12. The number of thiazole rings is 1. The maximum atomic E-state index is 11.7. The molecule has 0 spiro atoms. The van der Waals surface area contributed by atoms with E-state index in [-0.39, 0.29) is 11.8 Å². The van der Waals surface area contributed by atoms with Gasteiger partial charge in [-0.25, -0.2) is 4.98 Å². The van der Waals surface area contributed by atoms with Crippen LogP contribution in [0.4, 0.5) is 5.13 Å². The minimum Gasteiger partial charge on any atom is -0.302 e. The molecule has 1 heterocycles. The second-order valence-corrected chi connectivity index (χ2v) is 6.61. The Labute approximate surface area is 123 Å². The van der Waals surface area contributed by atoms with Crippen LogP contribution in [0.15, 0.2) is 24.4 Å². The highest BCUT2D eigenvalue weighted by Crippen LogP contribution is 2.31. The molecule has 1 N–H and O–H groups in total. The Morgan fingerprint density at radius 2 is 2.15 bits per heavy atom. The molecule has 1 aromatic heterocycles. The van der Waals surface area contributed by atoms with E-state index in [1.165, 1.54) is 21.6 Å². The van der Waals surface area contributed by atoms with Crippen LogP contribution in [0.25, 0.3) is 0 Å². The SMILES string of the molecule is Cc1ccc(Cc2cnc(NC(=O)C3CC3)s2)cc1C. The lowest BCUT2D eigenvalue weighted by atomic mass is 10.0. The Bertz CT molecular complexity index is 644. The minimum atomic E-state index is 0.122. The third kappa shape index (κ3) is 3.07. The fourth-order valence-electron chi connectivity index (χ4n) is 2.11. The molecule has 0 atom stereocenters. The van der Waals surface area contributed by atoms with Crippen LogP contribution < -0.4 is 5.32 Å². The van der Waals surface area contributed by atoms with Crippen LogP contribution in [0.1, 0.15) is 34.4 Å². The lowest BCUT2D eigenvalue weighted by molar-refractivity contribution is -0.117. The van der Waals surface area contributed by atoms with Gasteiger partial charge in [-0.1, -0.05) is 18.2 Å². The van der Waals surface area contributed by atoms with Crippen LogP contribution in [0, 0.1) is 19.8 Å². The summed E-state index contributed by atoms with van der Waals surface area (Å²) in [5, 5.41) is 3.62. The number of carbonyl (C=O) groups excluding carboxylic acids is 1. The highest BCUT2D eigenvalue weighted by molar-refractivity contribution is 7.15. The van der Waals surface area contributed by atoms with Gasteiger partial charge in [0.25, 0.3) is 0 Å². The first-order chi connectivity index (χ1) is 9.61. The Kier molecular flexibility index (Phi) is 3.57. The Hall–Kier alpha value is -1.68. The number of hydrogen-bond acceptors (Lipinski definition) is 3. The van der Waals surface area contributed by atoms with E-state index in [0.717, 1.165) is 24.4 Å². The molecule has 0 unspecified atom stereocenters. The van der Waals surface area contributed by atoms with E-state index < -0.39 is 0 Å². The van der Waals surface area contributed by atoms with Crippen molar-refractivity contribution in [2.45, 2.75) is 33.1 Å². The summed E-state index contributed by atoms with van der Waals surface area (Å²) in [4.78, 5) is 17.1. The normalized spacial score (nSPS) is 14.3. The lowest BCUT2D eigenvalue weighted by Gasteiger charge is -2.03. The van der Waals surface area contributed by atoms with Gasteiger partial charge < -0.3 is 5.32 Å². The molecule has 1 fully saturated rings. The zero-order valence-corrected chi connectivity index (χ0v) is 12.6. The van der Waals surface area contributed by atoms with Crippen LogP contribution in [-0.4, -0.2) is 10.9 Å². The summed E-state index contributed by atoms with van der Waals surface area (Å²) >= 11 is 1.57. The zero-order valence-electron chi connectivity index (χ0n) is 11.8. The molecule has 1 saturated carbocycles. The van der Waals surface area contributed by atoms with Crippen LogP contribution in [0.3, 0.4) is 0 Å². The highest BCUT2D eigenvalue weighted by atomic mass is 32.1. The molecule has 3 rings (SSSR count). The second kappa shape index (κ2) is 5.37. The predicted octanol–water partition coefficient (Wildman–Crippen LogP) is 3.70. The molecule has 3 nitrogen and oxygen atoms in total. The number of aromatic nitrogens is 1. The summed E-state index contributed by atoms with van der Waals surface area (Å²) in [6.45, 7) is 4.25. The van der Waals surface area contributed by atoms with Gasteiger partial charge in [0.05, 0.1) is 0 Å². The fourth-order valence-corrected chi connectivity index (χ4v) is 2.96. The Balaban J connectivity index is 1.66. The number of benzene rings is 1. The molecule has 0 saturated heterocycles. The summed E-state index contributed by atoms with van der Waals surface area (Å²) in [7, 11) is 0. The summed E-state index contributed by atoms with van der Waals surface area (Å²) in [5.74, 6) is 0.346. The molecule has 1 aromatic carbocycles. The molecular weight excluding hydrogens is 268 g/mol. The molecule has 1 aliphatic carbocycles. The van der Waals surface area contributed by atoms with Crippen molar-refractivity contribution in [3.8, 4) is 0 Å². The number of carbonyl (C=O) groups is 1. The Morgan fingerprint density at radius 1 is 1.35 bits per heavy atom. The van der Waals surface area contributed by atoms with E-state index in [0.29, 0.717) is 0 Å². The van der Waals surface area contributed by atoms with Gasteiger partial charge in [-0.05, 0) is 43.4 Å². The van der Waals surface area contributed by atoms with Crippen molar-refractivity contribution in [2.24, 2.45) is 5.92 Å². The van der Waals surface area contributed by atoms with E-state index in [1.807, 2.05) is 6.20 Å². The van der Waals surface area contributed by atoms with Gasteiger partial charge in [-0.2, -0.15) is 0 Å². The maximum absolute atomic E-state index is 11.7. The zero-order chi connectivity index (χ0) is 14.1. The van der Waals surface area contributed by atoms with Gasteiger partial charge in [0.1, 0.15) is 0 Å². The molecule has 1 aliphatic rings. The number of aryl methyl sites for hydroxylation is 2. The Morgan fingerprint density at radius 3 is 2.85 bits per heavy atom. The number of amides is 1. The van der Waals surface area contributed by atoms with Crippen molar-refractivity contribution in [1.82, 2.24) is 4.98 Å². The number of nitrogens with zero attached hydrogens (tertiary/aromatic N) is 1. The summed E-state index contributed by atoms with van der Waals surface area (Å²) < 4.78 is 0. The van der Waals surface area contributed by atoms with E-state index in [4.69, 9.17) is 0 Å². The van der Waals surface area contributed by atoms with Crippen molar-refractivity contribution in [3.05, 3.63) is 46.0 Å². The monoisotopic (exact) mass is 286 g/mol. The van der Waals surface area contributed by atoms with Crippen LogP contribution in [0.2, 0.25) is 0 Å². The van der Waals surface area contributed by atoms with E-state index in [2.05, 4.69) is 42.3 Å². The number of rotatable bonds is 4. The second-order valence-electron chi connectivity index (χ2n) is 5.49. The minimum absolute atomic E-state index is 0.122. The van der Waals surface area contributed by atoms with Crippen molar-refractivity contribution in [3.63, 3.8) is 0 Å². The smallest absolute Gasteiger partial charge is 0.229 e. The molecule has 1 amide bonds. The van der Waals surface area contributed by atoms with Crippen molar-refractivity contribution >= 4 is 22.4 Å². The molecule has 20 heavy (non-hydrogen) atoms. The van der Waals surface area contributed by atoms with E-state index in [9.17, 15) is 4.79 Å². The van der Waals surface area contributed by atoms with Gasteiger partial charge in [-0.15, -0.1) is 11.3 Å². The average molecular weight is 286 g/mol. The van der Waals surface area contributed by atoms with Crippen molar-refractivity contribution in [1.29, 1.82) is 0 Å². The maximum Gasteiger partial charge on any atom is 0.229 e. The first-order valence-electron chi connectivity index (χ1n) is 6.93. The average Bonchev–Trinajstić information content (AvgIpc) is 3.18. The predicted molar refractivity (Wildman–Crippen MR) is 82.2 cm³/mol. The molecule has 0 bridgehead atoms. The van der Waals surface area contributed by atoms with Crippen LogP contribution in [-0.2, 0) is 11.2 Å². The first-order valence-corrected chi connectivity index (χ1v) is 7.75. The standard InChI is InChI=1S/C16H18N2OS/c1-10-3-4-12(7-11(10)2)8-14-9-17-16(20-14)18-15(19)13-5-6-13/h3-4,7,9,13H,5-6,8H2,1-2H3,(H,17,18,19). The third-order valence-electron chi connectivity index (χ3n) is 3.68. The van der Waals surface area contributed by atoms with Gasteiger partial charge >= 0.3 is 0 Å². The topological polar surface area (TPSA) is 42.0 Å². The summed E-state index contributed by atoms with van der Waals surface area (Å²) in [6.07, 6.45) is 4.78. The molecule has 0 aliphatic heterocycles. The quantitative estimate of drug-likeness (QED) is 0.931. The van der Waals surface area contributed by atoms with Crippen LogP contribution in [0.5, 0.6) is 0 Å². The van der Waals surface area contributed by atoms with Crippen molar-refractivity contribution in [2.75, 3.05) is 5.32 Å². The first kappa shape index (κ1) is 13.3.